The quantitative estimate of drug-likeness (QED) is 0.0903. The van der Waals surface area contributed by atoms with Gasteiger partial charge in [0.2, 0.25) is 0 Å². The number of fused-ring (bicyclic) bond motifs is 2. The summed E-state index contributed by atoms with van der Waals surface area (Å²) in [7, 11) is 6.27. The van der Waals surface area contributed by atoms with Crippen molar-refractivity contribution in [1.29, 1.82) is 0 Å². The maximum Gasteiger partial charge on any atom is 0.342 e. The number of hydrogen-bond acceptors (Lipinski definition) is 11. The van der Waals surface area contributed by atoms with Gasteiger partial charge in [0, 0.05) is 39.9 Å². The van der Waals surface area contributed by atoms with Gasteiger partial charge in [-0.05, 0) is 67.7 Å². The minimum absolute atomic E-state index is 0.0655. The Labute approximate surface area is 326 Å². The monoisotopic (exact) mass is 764 g/mol. The molecule has 0 saturated heterocycles. The van der Waals surface area contributed by atoms with E-state index in [1.807, 2.05) is 49.4 Å². The lowest BCUT2D eigenvalue weighted by Gasteiger charge is -2.28. The first kappa shape index (κ1) is 45.1. The molecule has 0 spiro atoms. The molecule has 0 radical (unpaired) electrons. The molecule has 4 rings (SSSR count). The SMILES string of the molecule is C/C=C/C[C@H]1C[C@@H](OCOC)[C@@H](C)C/C=C/Cc2cccc(OC)c2C(=O)O1.COCO[C@@H]1C[C@H](CC=O)OC(=O)c2c(cccc2OC)C/C=C/C[C@@H]1C. The Kier molecular flexibility index (Phi) is 20.5. The number of hydrogen-bond donors (Lipinski definition) is 0. The van der Waals surface area contributed by atoms with Crippen LogP contribution in [0, 0.1) is 11.8 Å². The molecule has 0 unspecified atom stereocenters. The van der Waals surface area contributed by atoms with Gasteiger partial charge in [0.1, 0.15) is 54.7 Å². The van der Waals surface area contributed by atoms with E-state index in [1.165, 1.54) is 7.11 Å². The van der Waals surface area contributed by atoms with E-state index in [2.05, 4.69) is 32.1 Å². The van der Waals surface area contributed by atoms with E-state index >= 15 is 0 Å². The average molecular weight is 765 g/mol. The highest BCUT2D eigenvalue weighted by atomic mass is 16.7. The van der Waals surface area contributed by atoms with Crippen LogP contribution in [-0.4, -0.2) is 84.7 Å². The number of benzene rings is 2. The molecule has 2 aliphatic heterocycles. The van der Waals surface area contributed by atoms with Crippen molar-refractivity contribution in [2.24, 2.45) is 11.8 Å². The fraction of sp³-hybridized carbons (Fsp3) is 0.523. The van der Waals surface area contributed by atoms with Crippen molar-refractivity contribution in [2.75, 3.05) is 42.0 Å². The summed E-state index contributed by atoms with van der Waals surface area (Å²) in [5.74, 6) is 0.637. The maximum atomic E-state index is 13.1. The van der Waals surface area contributed by atoms with Crippen molar-refractivity contribution in [2.45, 2.75) is 96.6 Å². The van der Waals surface area contributed by atoms with Crippen LogP contribution in [-0.2, 0) is 46.1 Å². The molecular weight excluding hydrogens is 704 g/mol. The Morgan fingerprint density at radius 3 is 1.53 bits per heavy atom. The summed E-state index contributed by atoms with van der Waals surface area (Å²) >= 11 is 0. The van der Waals surface area contributed by atoms with Crippen LogP contribution >= 0.6 is 0 Å². The number of ether oxygens (including phenoxy) is 8. The molecule has 6 atom stereocenters. The van der Waals surface area contributed by atoms with E-state index in [9.17, 15) is 14.4 Å². The van der Waals surface area contributed by atoms with Gasteiger partial charge in [-0.2, -0.15) is 0 Å². The summed E-state index contributed by atoms with van der Waals surface area (Å²) in [4.78, 5) is 37.1. The fourth-order valence-corrected chi connectivity index (χ4v) is 6.60. The van der Waals surface area contributed by atoms with Gasteiger partial charge < -0.3 is 42.7 Å². The zero-order chi connectivity index (χ0) is 40.0. The lowest BCUT2D eigenvalue weighted by molar-refractivity contribution is -0.114. The molecule has 0 saturated carbocycles. The molecule has 0 fully saturated rings. The summed E-state index contributed by atoms with van der Waals surface area (Å²) in [5.41, 5.74) is 2.65. The lowest BCUT2D eigenvalue weighted by Crippen LogP contribution is -2.31. The first-order valence-corrected chi connectivity index (χ1v) is 19.0. The van der Waals surface area contributed by atoms with Crippen LogP contribution in [0.25, 0.3) is 0 Å². The number of carbonyl (C=O) groups is 3. The number of cyclic esters (lactones) is 2. The highest BCUT2D eigenvalue weighted by Gasteiger charge is 2.29. The van der Waals surface area contributed by atoms with Gasteiger partial charge in [-0.1, -0.05) is 74.6 Å². The molecule has 0 aromatic heterocycles. The Morgan fingerprint density at radius 2 is 1.13 bits per heavy atom. The lowest BCUT2D eigenvalue weighted by atomic mass is 9.93. The second-order valence-corrected chi connectivity index (χ2v) is 13.7. The zero-order valence-electron chi connectivity index (χ0n) is 33.5. The number of allylic oxidation sites excluding steroid dienone is 5. The molecule has 0 N–H and O–H groups in total. The number of methoxy groups -OCH3 is 4. The summed E-state index contributed by atoms with van der Waals surface area (Å²) in [6, 6.07) is 11.1. The van der Waals surface area contributed by atoms with Crippen LogP contribution in [0.1, 0.15) is 91.1 Å². The summed E-state index contributed by atoms with van der Waals surface area (Å²) in [5, 5.41) is 0. The van der Waals surface area contributed by atoms with Crippen LogP contribution in [0.5, 0.6) is 11.5 Å². The summed E-state index contributed by atoms with van der Waals surface area (Å²) < 4.78 is 44.3. The Balaban J connectivity index is 0.000000296. The smallest absolute Gasteiger partial charge is 0.342 e. The van der Waals surface area contributed by atoms with Gasteiger partial charge in [0.15, 0.2) is 0 Å². The van der Waals surface area contributed by atoms with E-state index in [0.717, 1.165) is 30.3 Å². The van der Waals surface area contributed by atoms with Crippen molar-refractivity contribution in [1.82, 2.24) is 0 Å². The predicted molar refractivity (Wildman–Crippen MR) is 210 cm³/mol. The molecule has 2 aliphatic rings. The third kappa shape index (κ3) is 14.4. The second kappa shape index (κ2) is 25.0. The summed E-state index contributed by atoms with van der Waals surface area (Å²) in [6.07, 6.45) is 16.8. The van der Waals surface area contributed by atoms with Crippen molar-refractivity contribution in [3.63, 3.8) is 0 Å². The molecular formula is C44H60O11. The first-order valence-electron chi connectivity index (χ1n) is 19.0. The van der Waals surface area contributed by atoms with Gasteiger partial charge >= 0.3 is 11.9 Å². The van der Waals surface area contributed by atoms with Gasteiger partial charge in [-0.25, -0.2) is 9.59 Å². The average Bonchev–Trinajstić information content (AvgIpc) is 3.18. The maximum absolute atomic E-state index is 13.1. The van der Waals surface area contributed by atoms with Crippen molar-refractivity contribution >= 4 is 18.2 Å². The van der Waals surface area contributed by atoms with Crippen LogP contribution in [0.3, 0.4) is 0 Å². The van der Waals surface area contributed by atoms with Crippen LogP contribution < -0.4 is 9.47 Å². The van der Waals surface area contributed by atoms with Crippen LogP contribution in [0.15, 0.2) is 72.9 Å². The third-order valence-corrected chi connectivity index (χ3v) is 9.70. The fourth-order valence-electron chi connectivity index (χ4n) is 6.60. The molecule has 0 bridgehead atoms. The van der Waals surface area contributed by atoms with Crippen LogP contribution in [0.4, 0.5) is 0 Å². The Bertz CT molecular complexity index is 1560. The molecule has 11 nitrogen and oxygen atoms in total. The van der Waals surface area contributed by atoms with Gasteiger partial charge in [0.25, 0.3) is 0 Å². The normalized spacial score (nSPS) is 24.7. The Hall–Kier alpha value is -4.29. The van der Waals surface area contributed by atoms with Gasteiger partial charge in [0.05, 0.1) is 26.4 Å². The predicted octanol–water partition coefficient (Wildman–Crippen LogP) is 8.03. The molecule has 2 aromatic carbocycles. The molecule has 0 amide bonds. The zero-order valence-corrected chi connectivity index (χ0v) is 33.5. The molecule has 2 aromatic rings. The molecule has 302 valence electrons. The third-order valence-electron chi connectivity index (χ3n) is 9.70. The highest BCUT2D eigenvalue weighted by Crippen LogP contribution is 2.30. The van der Waals surface area contributed by atoms with Crippen molar-refractivity contribution in [3.05, 3.63) is 95.1 Å². The van der Waals surface area contributed by atoms with E-state index in [1.54, 1.807) is 33.5 Å². The molecule has 0 aliphatic carbocycles. The van der Waals surface area contributed by atoms with Crippen molar-refractivity contribution < 1.29 is 52.3 Å². The van der Waals surface area contributed by atoms with E-state index in [4.69, 9.17) is 37.9 Å². The topological polar surface area (TPSA) is 125 Å². The minimum Gasteiger partial charge on any atom is -0.496 e. The van der Waals surface area contributed by atoms with Gasteiger partial charge in [-0.15, -0.1) is 0 Å². The standard InChI is InChI=1S/C23H32O5.C21H28O6/c1-5-6-13-19-15-21(27-16-25-3)17(2)10-7-8-11-18-12-9-14-20(26-4)22(18)23(24)28-19;1-15-7-4-5-8-16-9-6-10-18(25-3)20(16)21(23)27-17(11-12-22)13-19(15)26-14-24-2/h5-9,12,14,17,19,21H,10-11,13,15-16H2,1-4H3;4-6,9-10,12,15,17,19H,7-8,11,13-14H2,1-3H3/b6-5+,8-7+;5-4+/t17-,19-,21+;15-,17-,19+/m00/s1. The molecule has 11 heteroatoms. The number of esters is 2. The van der Waals surface area contributed by atoms with Crippen molar-refractivity contribution in [3.8, 4) is 11.5 Å². The van der Waals surface area contributed by atoms with E-state index < -0.39 is 12.1 Å². The number of rotatable bonds is 12. The number of carbonyl (C=O) groups excluding carboxylic acids is 3. The first-order chi connectivity index (χ1) is 26.7. The largest absolute Gasteiger partial charge is 0.496 e. The molecule has 2 heterocycles. The minimum atomic E-state index is -0.569. The number of aldehydes is 1. The summed E-state index contributed by atoms with van der Waals surface area (Å²) in [6.45, 7) is 6.56. The Morgan fingerprint density at radius 1 is 0.673 bits per heavy atom. The van der Waals surface area contributed by atoms with E-state index in [0.29, 0.717) is 54.7 Å². The second-order valence-electron chi connectivity index (χ2n) is 13.7. The van der Waals surface area contributed by atoms with Gasteiger partial charge in [-0.3, -0.25) is 0 Å². The highest BCUT2D eigenvalue weighted by molar-refractivity contribution is 5.95. The van der Waals surface area contributed by atoms with E-state index in [-0.39, 0.29) is 56.1 Å². The van der Waals surface area contributed by atoms with Crippen LogP contribution in [0.2, 0.25) is 0 Å². The molecule has 55 heavy (non-hydrogen) atoms.